The van der Waals surface area contributed by atoms with Crippen molar-refractivity contribution in [2.75, 3.05) is 20.3 Å². The van der Waals surface area contributed by atoms with Gasteiger partial charge in [0.2, 0.25) is 0 Å². The van der Waals surface area contributed by atoms with Crippen molar-refractivity contribution in [1.29, 1.82) is 0 Å². The van der Waals surface area contributed by atoms with Crippen molar-refractivity contribution in [2.24, 2.45) is 5.41 Å². The third-order valence-corrected chi connectivity index (χ3v) is 4.51. The van der Waals surface area contributed by atoms with Crippen LogP contribution in [0.5, 0.6) is 0 Å². The lowest BCUT2D eigenvalue weighted by molar-refractivity contribution is -0.168. The molecule has 0 aliphatic carbocycles. The molecule has 1 aromatic heterocycles. The summed E-state index contributed by atoms with van der Waals surface area (Å²) in [6, 6.07) is 1.58. The highest BCUT2D eigenvalue weighted by Crippen LogP contribution is 2.35. The van der Waals surface area contributed by atoms with Gasteiger partial charge in [-0.1, -0.05) is 6.42 Å². The lowest BCUT2D eigenvalue weighted by atomic mass is 9.72. The van der Waals surface area contributed by atoms with Gasteiger partial charge in [-0.15, -0.1) is 0 Å². The van der Waals surface area contributed by atoms with Gasteiger partial charge >= 0.3 is 11.9 Å². The largest absolute Gasteiger partial charge is 0.466 e. The molecule has 0 bridgehead atoms. The number of ether oxygens (including phenoxy) is 3. The first kappa shape index (κ1) is 26.4. The molecule has 0 fully saturated rings. The normalized spacial score (nSPS) is 13.2. The molecule has 0 radical (unpaired) electrons. The standard InChI is InChI=1S/C23H33NO7/c1-7-30-19(26)10-8-9-11-23(18(25)15-29-6,21(28)31-22(3,4)5)20(27)17-12-16(2)13-24-14-17/h12-14H,7-11,15H2,1-6H3. The number of hydrogen-bond donors (Lipinski definition) is 0. The molecule has 0 N–H and O–H groups in total. The van der Waals surface area contributed by atoms with Gasteiger partial charge < -0.3 is 14.2 Å². The average Bonchev–Trinajstić information content (AvgIpc) is 2.66. The first-order valence-corrected chi connectivity index (χ1v) is 10.4. The van der Waals surface area contributed by atoms with Crippen LogP contribution in [0.25, 0.3) is 0 Å². The maximum Gasteiger partial charge on any atom is 0.328 e. The Morgan fingerprint density at radius 1 is 1.06 bits per heavy atom. The second-order valence-corrected chi connectivity index (χ2v) is 8.36. The highest BCUT2D eigenvalue weighted by molar-refractivity contribution is 6.27. The Bertz CT molecular complexity index is 797. The van der Waals surface area contributed by atoms with E-state index in [4.69, 9.17) is 14.2 Å². The third kappa shape index (κ3) is 7.54. The van der Waals surface area contributed by atoms with Gasteiger partial charge in [-0.2, -0.15) is 0 Å². The Labute approximate surface area is 183 Å². The number of methoxy groups -OCH3 is 1. The van der Waals surface area contributed by atoms with E-state index in [0.717, 1.165) is 0 Å². The van der Waals surface area contributed by atoms with Crippen LogP contribution in [0, 0.1) is 12.3 Å². The number of ketones is 2. The Kier molecular flexibility index (Phi) is 9.97. The number of carbonyl (C=O) groups excluding carboxylic acids is 4. The molecule has 8 nitrogen and oxygen atoms in total. The van der Waals surface area contributed by atoms with E-state index in [1.165, 1.54) is 13.3 Å². The highest BCUT2D eigenvalue weighted by atomic mass is 16.6. The van der Waals surface area contributed by atoms with Crippen LogP contribution >= 0.6 is 0 Å². The van der Waals surface area contributed by atoms with E-state index in [1.54, 1.807) is 46.9 Å². The van der Waals surface area contributed by atoms with Gasteiger partial charge in [-0.05, 0) is 59.1 Å². The van der Waals surface area contributed by atoms with Crippen molar-refractivity contribution in [3.63, 3.8) is 0 Å². The molecular formula is C23H33NO7. The minimum absolute atomic E-state index is 0.115. The SMILES string of the molecule is CCOC(=O)CCCCC(C(=O)COC)(C(=O)OC(C)(C)C)C(=O)c1cncc(C)c1. The monoisotopic (exact) mass is 435 g/mol. The van der Waals surface area contributed by atoms with E-state index < -0.39 is 35.2 Å². The van der Waals surface area contributed by atoms with Gasteiger partial charge in [0.25, 0.3) is 0 Å². The number of pyridine rings is 1. The van der Waals surface area contributed by atoms with E-state index in [2.05, 4.69) is 4.98 Å². The Morgan fingerprint density at radius 3 is 2.29 bits per heavy atom. The number of unbranched alkanes of at least 4 members (excludes halogenated alkanes) is 1. The van der Waals surface area contributed by atoms with Crippen molar-refractivity contribution < 1.29 is 33.4 Å². The van der Waals surface area contributed by atoms with Crippen molar-refractivity contribution in [3.8, 4) is 0 Å². The zero-order valence-corrected chi connectivity index (χ0v) is 19.3. The molecular weight excluding hydrogens is 402 g/mol. The van der Waals surface area contributed by atoms with Crippen molar-refractivity contribution >= 4 is 23.5 Å². The fourth-order valence-electron chi connectivity index (χ4n) is 3.13. The Morgan fingerprint density at radius 2 is 1.74 bits per heavy atom. The third-order valence-electron chi connectivity index (χ3n) is 4.51. The predicted molar refractivity (Wildman–Crippen MR) is 114 cm³/mol. The zero-order valence-electron chi connectivity index (χ0n) is 19.3. The zero-order chi connectivity index (χ0) is 23.7. The van der Waals surface area contributed by atoms with E-state index >= 15 is 0 Å². The molecule has 31 heavy (non-hydrogen) atoms. The summed E-state index contributed by atoms with van der Waals surface area (Å²) >= 11 is 0. The minimum Gasteiger partial charge on any atom is -0.466 e. The molecule has 1 atom stereocenters. The maximum absolute atomic E-state index is 13.6. The Hall–Kier alpha value is -2.61. The number of carbonyl (C=O) groups is 4. The number of nitrogens with zero attached hydrogens (tertiary/aromatic N) is 1. The number of aryl methyl sites for hydroxylation is 1. The number of rotatable bonds is 12. The molecule has 172 valence electrons. The van der Waals surface area contributed by atoms with Gasteiger partial charge in [-0.25, -0.2) is 0 Å². The summed E-state index contributed by atoms with van der Waals surface area (Å²) in [5, 5.41) is 0. The molecule has 0 aliphatic rings. The smallest absolute Gasteiger partial charge is 0.328 e. The molecule has 1 unspecified atom stereocenters. The van der Waals surface area contributed by atoms with Crippen LogP contribution in [0.1, 0.15) is 69.3 Å². The van der Waals surface area contributed by atoms with Crippen LogP contribution in [0.15, 0.2) is 18.5 Å². The second-order valence-electron chi connectivity index (χ2n) is 8.36. The van der Waals surface area contributed by atoms with Gasteiger partial charge in [-0.3, -0.25) is 24.2 Å². The molecule has 8 heteroatoms. The summed E-state index contributed by atoms with van der Waals surface area (Å²) in [5.41, 5.74) is -2.15. The minimum atomic E-state index is -2.09. The van der Waals surface area contributed by atoms with Crippen LogP contribution in [0.4, 0.5) is 0 Å². The summed E-state index contributed by atoms with van der Waals surface area (Å²) in [6.07, 6.45) is 3.52. The number of aromatic nitrogens is 1. The Balaban J connectivity index is 3.35. The van der Waals surface area contributed by atoms with E-state index in [0.29, 0.717) is 12.0 Å². The molecule has 0 amide bonds. The van der Waals surface area contributed by atoms with Crippen LogP contribution < -0.4 is 0 Å². The lowest BCUT2D eigenvalue weighted by Crippen LogP contribution is -2.51. The fourth-order valence-corrected chi connectivity index (χ4v) is 3.13. The molecule has 0 aliphatic heterocycles. The number of hydrogen-bond acceptors (Lipinski definition) is 8. The van der Waals surface area contributed by atoms with Crippen LogP contribution in [0.2, 0.25) is 0 Å². The summed E-state index contributed by atoms with van der Waals surface area (Å²) in [6.45, 7) is 8.30. The molecule has 0 spiro atoms. The van der Waals surface area contributed by atoms with Crippen LogP contribution in [-0.2, 0) is 28.6 Å². The number of Topliss-reactive ketones (excluding diaryl/α,β-unsaturated/α-hetero) is 2. The summed E-state index contributed by atoms with van der Waals surface area (Å²) in [7, 11) is 1.32. The molecule has 1 heterocycles. The maximum atomic E-state index is 13.6. The van der Waals surface area contributed by atoms with Gasteiger partial charge in [0, 0.05) is 31.5 Å². The second kappa shape index (κ2) is 11.7. The van der Waals surface area contributed by atoms with E-state index in [9.17, 15) is 19.2 Å². The number of esters is 2. The van der Waals surface area contributed by atoms with Crippen molar-refractivity contribution in [1.82, 2.24) is 4.98 Å². The molecule has 1 aromatic rings. The molecule has 0 saturated heterocycles. The lowest BCUT2D eigenvalue weighted by Gasteiger charge is -2.32. The van der Waals surface area contributed by atoms with Gasteiger partial charge in [0.05, 0.1) is 6.61 Å². The topological polar surface area (TPSA) is 109 Å². The average molecular weight is 436 g/mol. The summed E-state index contributed by atoms with van der Waals surface area (Å²) < 4.78 is 15.4. The van der Waals surface area contributed by atoms with E-state index in [-0.39, 0.29) is 37.4 Å². The quantitative estimate of drug-likeness (QED) is 0.213. The first-order valence-electron chi connectivity index (χ1n) is 10.4. The van der Waals surface area contributed by atoms with Gasteiger partial charge in [0.15, 0.2) is 17.0 Å². The summed E-state index contributed by atoms with van der Waals surface area (Å²) in [5.74, 6) is -2.67. The van der Waals surface area contributed by atoms with Crippen molar-refractivity contribution in [2.45, 2.75) is 65.9 Å². The highest BCUT2D eigenvalue weighted by Gasteiger charge is 2.54. The van der Waals surface area contributed by atoms with Gasteiger partial charge in [0.1, 0.15) is 12.2 Å². The van der Waals surface area contributed by atoms with E-state index in [1.807, 2.05) is 0 Å². The van der Waals surface area contributed by atoms with Crippen LogP contribution in [0.3, 0.4) is 0 Å². The summed E-state index contributed by atoms with van der Waals surface area (Å²) in [4.78, 5) is 55.7. The fraction of sp³-hybridized carbons (Fsp3) is 0.609. The van der Waals surface area contributed by atoms with Crippen LogP contribution in [-0.4, -0.2) is 54.4 Å². The molecule has 1 rings (SSSR count). The molecule has 0 saturated carbocycles. The van der Waals surface area contributed by atoms with Crippen molar-refractivity contribution in [3.05, 3.63) is 29.6 Å². The predicted octanol–water partition coefficient (Wildman–Crippen LogP) is 3.24. The first-order chi connectivity index (χ1) is 14.5. The molecule has 0 aromatic carbocycles.